The lowest BCUT2D eigenvalue weighted by molar-refractivity contribution is 0.0730. The van der Waals surface area contributed by atoms with Crippen LogP contribution in [0.25, 0.3) is 0 Å². The summed E-state index contributed by atoms with van der Waals surface area (Å²) in [5, 5.41) is 3.33. The lowest BCUT2D eigenvalue weighted by Gasteiger charge is -2.29. The number of allylic oxidation sites excluding steroid dienone is 1. The molecule has 0 amide bonds. The van der Waals surface area contributed by atoms with Crippen LogP contribution in [0.3, 0.4) is 0 Å². The smallest absolute Gasteiger partial charge is 0.215 e. The highest BCUT2D eigenvalue weighted by atomic mass is 32.2. The van der Waals surface area contributed by atoms with Crippen molar-refractivity contribution in [1.82, 2.24) is 9.62 Å². The fourth-order valence-corrected chi connectivity index (χ4v) is 4.52. The van der Waals surface area contributed by atoms with Crippen molar-refractivity contribution in [3.63, 3.8) is 0 Å². The van der Waals surface area contributed by atoms with Crippen molar-refractivity contribution < 1.29 is 13.2 Å². The Morgan fingerprint density at radius 3 is 2.76 bits per heavy atom. The van der Waals surface area contributed by atoms with Crippen LogP contribution in [0.5, 0.6) is 0 Å². The predicted molar refractivity (Wildman–Crippen MR) is 84.7 cm³/mol. The molecule has 0 saturated carbocycles. The maximum Gasteiger partial charge on any atom is 0.215 e. The summed E-state index contributed by atoms with van der Waals surface area (Å²) in [7, 11) is -3.14. The third-order valence-electron chi connectivity index (χ3n) is 4.62. The molecule has 2 aliphatic rings. The number of ether oxygens (including phenoxy) is 1. The highest BCUT2D eigenvalue weighted by molar-refractivity contribution is 7.89. The van der Waals surface area contributed by atoms with Crippen LogP contribution >= 0.6 is 0 Å². The zero-order valence-electron chi connectivity index (χ0n) is 13.2. The minimum absolute atomic E-state index is 0.177. The van der Waals surface area contributed by atoms with E-state index in [0.717, 1.165) is 6.54 Å². The molecule has 1 aliphatic heterocycles. The predicted octanol–water partition coefficient (Wildman–Crippen LogP) is 1.23. The maximum absolute atomic E-state index is 12.2. The molecule has 0 bridgehead atoms. The third-order valence-corrected chi connectivity index (χ3v) is 6.50. The quantitative estimate of drug-likeness (QED) is 0.591. The summed E-state index contributed by atoms with van der Waals surface area (Å²) in [5.41, 5.74) is 1.44. The Morgan fingerprint density at radius 1 is 1.38 bits per heavy atom. The topological polar surface area (TPSA) is 58.6 Å². The van der Waals surface area contributed by atoms with E-state index < -0.39 is 10.0 Å². The molecule has 5 nitrogen and oxygen atoms in total. The van der Waals surface area contributed by atoms with Crippen molar-refractivity contribution >= 4 is 10.0 Å². The van der Waals surface area contributed by atoms with E-state index in [1.54, 1.807) is 4.31 Å². The minimum atomic E-state index is -3.14. The lowest BCUT2D eigenvalue weighted by Crippen LogP contribution is -2.43. The molecule has 1 saturated heterocycles. The Balaban J connectivity index is 1.73. The Labute approximate surface area is 128 Å². The van der Waals surface area contributed by atoms with Crippen LogP contribution in [0.15, 0.2) is 11.6 Å². The summed E-state index contributed by atoms with van der Waals surface area (Å²) < 4.78 is 31.1. The average Bonchev–Trinajstić information content (AvgIpc) is 2.47. The van der Waals surface area contributed by atoms with Gasteiger partial charge in [0.25, 0.3) is 0 Å². The fourth-order valence-electron chi connectivity index (χ4n) is 3.15. The molecular weight excluding hydrogens is 288 g/mol. The van der Waals surface area contributed by atoms with Gasteiger partial charge >= 0.3 is 0 Å². The zero-order valence-corrected chi connectivity index (χ0v) is 14.0. The van der Waals surface area contributed by atoms with Crippen LogP contribution in [0, 0.1) is 11.8 Å². The highest BCUT2D eigenvalue weighted by Crippen LogP contribution is 2.29. The molecule has 0 radical (unpaired) electrons. The number of sulfonamides is 1. The van der Waals surface area contributed by atoms with Crippen LogP contribution in [0.1, 0.15) is 26.7 Å². The number of rotatable bonds is 6. The number of nitrogens with one attached hydrogen (secondary N) is 1. The van der Waals surface area contributed by atoms with E-state index in [4.69, 9.17) is 4.74 Å². The van der Waals surface area contributed by atoms with Gasteiger partial charge in [0.1, 0.15) is 0 Å². The van der Waals surface area contributed by atoms with Gasteiger partial charge in [-0.2, -0.15) is 4.31 Å². The van der Waals surface area contributed by atoms with E-state index in [-0.39, 0.29) is 5.75 Å². The summed E-state index contributed by atoms with van der Waals surface area (Å²) in [6.45, 7) is 7.87. The van der Waals surface area contributed by atoms with Gasteiger partial charge in [0.2, 0.25) is 10.0 Å². The maximum atomic E-state index is 12.2. The van der Waals surface area contributed by atoms with Gasteiger partial charge in [-0.15, -0.1) is 0 Å². The molecule has 0 aromatic heterocycles. The number of hydrogen-bond donors (Lipinski definition) is 1. The molecule has 2 atom stereocenters. The second kappa shape index (κ2) is 7.72. The molecule has 21 heavy (non-hydrogen) atoms. The van der Waals surface area contributed by atoms with Crippen molar-refractivity contribution in [1.29, 1.82) is 0 Å². The van der Waals surface area contributed by atoms with E-state index in [2.05, 4.69) is 25.2 Å². The molecule has 1 heterocycles. The molecule has 2 rings (SSSR count). The Hall–Kier alpha value is -0.430. The van der Waals surface area contributed by atoms with Crippen molar-refractivity contribution in [3.8, 4) is 0 Å². The Bertz CT molecular complexity index is 456. The molecule has 1 aliphatic carbocycles. The van der Waals surface area contributed by atoms with Gasteiger partial charge in [-0.05, 0) is 31.6 Å². The second-order valence-corrected chi connectivity index (χ2v) is 8.23. The van der Waals surface area contributed by atoms with Gasteiger partial charge in [0.15, 0.2) is 0 Å². The van der Waals surface area contributed by atoms with Crippen molar-refractivity contribution in [3.05, 3.63) is 11.6 Å². The van der Waals surface area contributed by atoms with Crippen LogP contribution < -0.4 is 5.32 Å². The van der Waals surface area contributed by atoms with Crippen molar-refractivity contribution in [2.24, 2.45) is 11.8 Å². The van der Waals surface area contributed by atoms with Crippen molar-refractivity contribution in [2.75, 3.05) is 45.1 Å². The van der Waals surface area contributed by atoms with Gasteiger partial charge in [0.05, 0.1) is 19.0 Å². The monoisotopic (exact) mass is 316 g/mol. The summed E-state index contributed by atoms with van der Waals surface area (Å²) in [6.07, 6.45) is 4.72. The first-order valence-electron chi connectivity index (χ1n) is 7.93. The molecule has 6 heteroatoms. The van der Waals surface area contributed by atoms with Crippen LogP contribution in [0.4, 0.5) is 0 Å². The molecule has 1 fully saturated rings. The normalized spacial score (nSPS) is 28.4. The molecule has 1 N–H and O–H groups in total. The van der Waals surface area contributed by atoms with E-state index in [1.807, 2.05) is 0 Å². The third kappa shape index (κ3) is 4.77. The molecule has 122 valence electrons. The van der Waals surface area contributed by atoms with Gasteiger partial charge in [-0.1, -0.05) is 18.6 Å². The van der Waals surface area contributed by atoms with Gasteiger partial charge in [0, 0.05) is 26.2 Å². The standard InChI is InChI=1S/C15H28N2O3S/c1-13-4-3-5-14(2)15(13)12-16-6-11-21(18,19)17-7-9-20-10-8-17/h4,14-16H,3,5-12H2,1-2H3/t14-,15+/m1/s1. The molecule has 0 spiro atoms. The van der Waals surface area contributed by atoms with E-state index >= 15 is 0 Å². The fraction of sp³-hybridized carbons (Fsp3) is 0.867. The number of nitrogens with zero attached hydrogens (tertiary/aromatic N) is 1. The summed E-state index contributed by atoms with van der Waals surface area (Å²) in [4.78, 5) is 0. The summed E-state index contributed by atoms with van der Waals surface area (Å²) in [6, 6.07) is 0. The van der Waals surface area contributed by atoms with Gasteiger partial charge in [-0.25, -0.2) is 8.42 Å². The highest BCUT2D eigenvalue weighted by Gasteiger charge is 2.25. The number of morpholine rings is 1. The Morgan fingerprint density at radius 2 is 2.10 bits per heavy atom. The number of hydrogen-bond acceptors (Lipinski definition) is 4. The van der Waals surface area contributed by atoms with E-state index in [9.17, 15) is 8.42 Å². The van der Waals surface area contributed by atoms with E-state index in [1.165, 1.54) is 18.4 Å². The zero-order chi connectivity index (χ0) is 15.3. The molecule has 0 aromatic rings. The van der Waals surface area contributed by atoms with E-state index in [0.29, 0.717) is 44.7 Å². The first-order chi connectivity index (χ1) is 10.0. The SMILES string of the molecule is CC1=CCC[C@@H](C)[C@H]1CNCCS(=O)(=O)N1CCOCC1. The summed E-state index contributed by atoms with van der Waals surface area (Å²) in [5.74, 6) is 1.40. The first kappa shape index (κ1) is 16.9. The molecule has 0 aromatic carbocycles. The molecular formula is C15H28N2O3S. The first-order valence-corrected chi connectivity index (χ1v) is 9.54. The summed E-state index contributed by atoms with van der Waals surface area (Å²) >= 11 is 0. The lowest BCUT2D eigenvalue weighted by atomic mass is 9.80. The van der Waals surface area contributed by atoms with Crippen LogP contribution in [-0.2, 0) is 14.8 Å². The average molecular weight is 316 g/mol. The van der Waals surface area contributed by atoms with Gasteiger partial charge < -0.3 is 10.1 Å². The Kier molecular flexibility index (Phi) is 6.22. The van der Waals surface area contributed by atoms with Crippen molar-refractivity contribution in [2.45, 2.75) is 26.7 Å². The van der Waals surface area contributed by atoms with Gasteiger partial charge in [-0.3, -0.25) is 0 Å². The minimum Gasteiger partial charge on any atom is -0.379 e. The second-order valence-electron chi connectivity index (χ2n) is 6.14. The van der Waals surface area contributed by atoms with Crippen LogP contribution in [0.2, 0.25) is 0 Å². The molecule has 0 unspecified atom stereocenters. The van der Waals surface area contributed by atoms with Crippen LogP contribution in [-0.4, -0.2) is 57.9 Å². The largest absolute Gasteiger partial charge is 0.379 e.